The van der Waals surface area contributed by atoms with Crippen LogP contribution in [0.5, 0.6) is 0 Å². The Labute approximate surface area is 155 Å². The number of ketones is 1. The Morgan fingerprint density at radius 2 is 2.00 bits per heavy atom. The molecule has 0 bridgehead atoms. The number of hydrogen-bond donors (Lipinski definition) is 0. The Hall–Kier alpha value is -2.37. The number of carbonyl (C=O) groups is 3. The summed E-state index contributed by atoms with van der Waals surface area (Å²) in [4.78, 5) is 37.8. The van der Waals surface area contributed by atoms with Gasteiger partial charge in [0, 0.05) is 18.5 Å². The summed E-state index contributed by atoms with van der Waals surface area (Å²) < 4.78 is 49.2. The molecule has 0 N–H and O–H groups in total. The largest absolute Gasteiger partial charge is 0.466 e. The van der Waals surface area contributed by atoms with Crippen molar-refractivity contribution in [1.29, 1.82) is 0 Å². The van der Waals surface area contributed by atoms with E-state index in [2.05, 4.69) is 0 Å². The standard InChI is InChI=1S/C19H25NO5/c1-3-25-18(22)13-17(21)15-9-10-20(19(23)24-2)16(12-15)11-14-7-5-4-6-8-14/h4-8,15-16H,3,9-13H2,1-2H3/t15-,16+/m1/s1/i4D,5D,6D,7D,8D. The molecule has 1 amide bonds. The Morgan fingerprint density at radius 1 is 1.28 bits per heavy atom. The Kier molecular flexibility index (Phi) is 4.75. The zero-order valence-electron chi connectivity index (χ0n) is 19.4. The number of benzene rings is 1. The molecular weight excluding hydrogens is 322 g/mol. The molecule has 1 aliphatic rings. The van der Waals surface area contributed by atoms with Gasteiger partial charge in [0.25, 0.3) is 0 Å². The molecule has 0 spiro atoms. The maximum absolute atomic E-state index is 12.5. The average molecular weight is 352 g/mol. The predicted octanol–water partition coefficient (Wildman–Crippen LogP) is 2.60. The minimum absolute atomic E-state index is 0.0337. The van der Waals surface area contributed by atoms with Gasteiger partial charge in [-0.2, -0.15) is 0 Å². The number of nitrogens with zero attached hydrogens (tertiary/aromatic N) is 1. The van der Waals surface area contributed by atoms with Crippen LogP contribution in [-0.2, 0) is 25.5 Å². The Bertz CT molecular complexity index is 818. The summed E-state index contributed by atoms with van der Waals surface area (Å²) in [5, 5.41) is 0. The number of methoxy groups -OCH3 is 1. The third-order valence-corrected chi connectivity index (χ3v) is 4.20. The topological polar surface area (TPSA) is 72.9 Å². The van der Waals surface area contributed by atoms with E-state index in [4.69, 9.17) is 16.3 Å². The fourth-order valence-electron chi connectivity index (χ4n) is 3.01. The molecule has 0 unspecified atom stereocenters. The van der Waals surface area contributed by atoms with Crippen LogP contribution in [0.25, 0.3) is 0 Å². The molecule has 1 saturated heterocycles. The lowest BCUT2D eigenvalue weighted by Gasteiger charge is -2.38. The number of Topliss-reactive ketones (excluding diaryl/α,β-unsaturated/α-hetero) is 1. The number of ether oxygens (including phenoxy) is 2. The molecule has 6 nitrogen and oxygen atoms in total. The fraction of sp³-hybridized carbons (Fsp3) is 0.526. The molecule has 2 rings (SSSR count). The van der Waals surface area contributed by atoms with Gasteiger partial charge < -0.3 is 14.4 Å². The molecule has 1 fully saturated rings. The van der Waals surface area contributed by atoms with Gasteiger partial charge in [0.2, 0.25) is 0 Å². The van der Waals surface area contributed by atoms with Crippen LogP contribution >= 0.6 is 0 Å². The van der Waals surface area contributed by atoms with E-state index in [-0.39, 0.29) is 55.8 Å². The van der Waals surface area contributed by atoms with Crippen molar-refractivity contribution in [1.82, 2.24) is 4.90 Å². The first-order valence-corrected chi connectivity index (χ1v) is 8.21. The number of hydrogen-bond acceptors (Lipinski definition) is 5. The van der Waals surface area contributed by atoms with E-state index in [9.17, 15) is 14.4 Å². The zero-order valence-corrected chi connectivity index (χ0v) is 14.4. The SMILES string of the molecule is [2H]c1c([2H])c([2H])c(C[C@H]2C[C@H](C(=O)CC(=O)OCC)CCN2C(=O)OC)c([2H])c1[2H]. The molecule has 2 atom stereocenters. The van der Waals surface area contributed by atoms with E-state index in [1.807, 2.05) is 0 Å². The molecule has 1 aromatic rings. The van der Waals surface area contributed by atoms with E-state index in [0.717, 1.165) is 0 Å². The van der Waals surface area contributed by atoms with Gasteiger partial charge in [-0.1, -0.05) is 30.2 Å². The number of piperidine rings is 1. The number of esters is 1. The maximum Gasteiger partial charge on any atom is 0.409 e. The van der Waals surface area contributed by atoms with Crippen molar-refractivity contribution in [2.24, 2.45) is 5.92 Å². The van der Waals surface area contributed by atoms with Crippen molar-refractivity contribution in [3.05, 3.63) is 35.8 Å². The van der Waals surface area contributed by atoms with Gasteiger partial charge in [0.15, 0.2) is 0 Å². The third-order valence-electron chi connectivity index (χ3n) is 4.20. The van der Waals surface area contributed by atoms with Crippen LogP contribution in [0.4, 0.5) is 4.79 Å². The fourth-order valence-corrected chi connectivity index (χ4v) is 3.01. The number of amides is 1. The van der Waals surface area contributed by atoms with Crippen LogP contribution in [0.15, 0.2) is 30.2 Å². The molecule has 0 aliphatic carbocycles. The highest BCUT2D eigenvalue weighted by molar-refractivity contribution is 5.96. The molecule has 1 heterocycles. The summed E-state index contributed by atoms with van der Waals surface area (Å²) in [5.74, 6) is -1.42. The molecular formula is C19H25NO5. The van der Waals surface area contributed by atoms with E-state index in [1.165, 1.54) is 12.0 Å². The van der Waals surface area contributed by atoms with Crippen LogP contribution in [0.3, 0.4) is 0 Å². The highest BCUT2D eigenvalue weighted by Crippen LogP contribution is 2.27. The highest BCUT2D eigenvalue weighted by Gasteiger charge is 2.35. The van der Waals surface area contributed by atoms with Gasteiger partial charge in [-0.3, -0.25) is 9.59 Å². The third kappa shape index (κ3) is 5.31. The van der Waals surface area contributed by atoms with Gasteiger partial charge in [0.1, 0.15) is 12.2 Å². The first-order valence-electron chi connectivity index (χ1n) is 10.7. The first-order chi connectivity index (χ1) is 14.1. The van der Waals surface area contributed by atoms with Crippen molar-refractivity contribution < 1.29 is 30.7 Å². The molecule has 1 aromatic carbocycles. The van der Waals surface area contributed by atoms with Gasteiger partial charge in [0.05, 0.1) is 20.6 Å². The minimum Gasteiger partial charge on any atom is -0.466 e. The summed E-state index contributed by atoms with van der Waals surface area (Å²) in [7, 11) is 1.22. The molecule has 1 aliphatic heterocycles. The van der Waals surface area contributed by atoms with E-state index < -0.39 is 42.1 Å². The number of likely N-dealkylation sites (tertiary alicyclic amines) is 1. The second kappa shape index (κ2) is 9.20. The monoisotopic (exact) mass is 352 g/mol. The van der Waals surface area contributed by atoms with Gasteiger partial charge in [-0.05, 0) is 31.7 Å². The van der Waals surface area contributed by atoms with Crippen LogP contribution in [0, 0.1) is 5.92 Å². The Morgan fingerprint density at radius 3 is 2.64 bits per heavy atom. The van der Waals surface area contributed by atoms with Gasteiger partial charge in [-0.25, -0.2) is 4.79 Å². The Balaban J connectivity index is 2.30. The van der Waals surface area contributed by atoms with Crippen molar-refractivity contribution >= 4 is 17.8 Å². The van der Waals surface area contributed by atoms with E-state index in [1.54, 1.807) is 6.92 Å². The van der Waals surface area contributed by atoms with Crippen molar-refractivity contribution in [2.75, 3.05) is 20.3 Å². The van der Waals surface area contributed by atoms with E-state index >= 15 is 0 Å². The van der Waals surface area contributed by atoms with E-state index in [0.29, 0.717) is 6.42 Å². The predicted molar refractivity (Wildman–Crippen MR) is 92.0 cm³/mol. The normalized spacial score (nSPS) is 22.8. The summed E-state index contributed by atoms with van der Waals surface area (Å²) in [6.45, 7) is 2.01. The summed E-state index contributed by atoms with van der Waals surface area (Å²) >= 11 is 0. The van der Waals surface area contributed by atoms with Crippen LogP contribution in [0.1, 0.15) is 38.6 Å². The lowest BCUT2D eigenvalue weighted by molar-refractivity contribution is -0.146. The van der Waals surface area contributed by atoms with Crippen LogP contribution in [0.2, 0.25) is 0 Å². The highest BCUT2D eigenvalue weighted by atomic mass is 16.5. The lowest BCUT2D eigenvalue weighted by Crippen LogP contribution is -2.48. The van der Waals surface area contributed by atoms with Gasteiger partial charge >= 0.3 is 12.1 Å². The second-order valence-corrected chi connectivity index (χ2v) is 5.79. The zero-order chi connectivity index (χ0) is 22.6. The second-order valence-electron chi connectivity index (χ2n) is 5.79. The molecule has 6 heteroatoms. The minimum atomic E-state index is -0.622. The van der Waals surface area contributed by atoms with Crippen LogP contribution < -0.4 is 0 Å². The summed E-state index contributed by atoms with van der Waals surface area (Å²) in [6.07, 6.45) is -0.491. The smallest absolute Gasteiger partial charge is 0.409 e. The molecule has 0 saturated carbocycles. The average Bonchev–Trinajstić information content (AvgIpc) is 2.73. The number of rotatable bonds is 6. The van der Waals surface area contributed by atoms with Crippen molar-refractivity contribution in [3.8, 4) is 0 Å². The summed E-state index contributed by atoms with van der Waals surface area (Å²) in [5.41, 5.74) is 0.0680. The first kappa shape index (κ1) is 12.9. The lowest BCUT2D eigenvalue weighted by atomic mass is 9.84. The molecule has 0 radical (unpaired) electrons. The van der Waals surface area contributed by atoms with Crippen LogP contribution in [-0.4, -0.2) is 49.0 Å². The van der Waals surface area contributed by atoms with Gasteiger partial charge in [-0.15, -0.1) is 0 Å². The quantitative estimate of drug-likeness (QED) is 0.581. The number of carbonyl (C=O) groups excluding carboxylic acids is 3. The summed E-state index contributed by atoms with van der Waals surface area (Å²) in [6, 6.07) is -2.71. The molecule has 25 heavy (non-hydrogen) atoms. The molecule has 0 aromatic heterocycles. The molecule has 136 valence electrons. The maximum atomic E-state index is 12.5. The van der Waals surface area contributed by atoms with Crippen molar-refractivity contribution in [3.63, 3.8) is 0 Å². The van der Waals surface area contributed by atoms with Crippen molar-refractivity contribution in [2.45, 2.75) is 38.6 Å².